The summed E-state index contributed by atoms with van der Waals surface area (Å²) in [6, 6.07) is 10.8. The van der Waals surface area contributed by atoms with E-state index in [4.69, 9.17) is 9.47 Å². The molecule has 3 rings (SSSR count). The van der Waals surface area contributed by atoms with E-state index in [0.717, 1.165) is 0 Å². The predicted octanol–water partition coefficient (Wildman–Crippen LogP) is 2.02. The number of amides is 1. The normalized spacial score (nSPS) is 15.0. The molecule has 2 aromatic rings. The quantitative estimate of drug-likeness (QED) is 0.848. The number of benzene rings is 1. The number of rotatable bonds is 3. The van der Waals surface area contributed by atoms with Crippen LogP contribution in [0.25, 0.3) is 0 Å². The first kappa shape index (κ1) is 13.9. The maximum absolute atomic E-state index is 11.9. The molecule has 1 aromatic heterocycles. The van der Waals surface area contributed by atoms with Gasteiger partial charge in [0.2, 0.25) is 0 Å². The molecule has 6 heteroatoms. The van der Waals surface area contributed by atoms with E-state index in [1.807, 2.05) is 24.3 Å². The number of aromatic nitrogens is 1. The van der Waals surface area contributed by atoms with Gasteiger partial charge in [-0.3, -0.25) is 20.6 Å². The third-order valence-electron chi connectivity index (χ3n) is 3.15. The van der Waals surface area contributed by atoms with Gasteiger partial charge in [0.05, 0.1) is 11.3 Å². The molecule has 0 aliphatic carbocycles. The second-order valence-corrected chi connectivity index (χ2v) is 4.71. The van der Waals surface area contributed by atoms with Crippen molar-refractivity contribution in [2.24, 2.45) is 0 Å². The van der Waals surface area contributed by atoms with Crippen molar-refractivity contribution in [1.29, 1.82) is 0 Å². The highest BCUT2D eigenvalue weighted by Gasteiger charge is 2.17. The SMILES string of the molecule is C/C(NNC(=O)c1cccnc1)=C1/COc2ccccc2O1. The van der Waals surface area contributed by atoms with Gasteiger partial charge < -0.3 is 9.47 Å². The number of allylic oxidation sites excluding steroid dienone is 1. The van der Waals surface area contributed by atoms with Crippen molar-refractivity contribution in [3.05, 3.63) is 65.8 Å². The van der Waals surface area contributed by atoms with Crippen LogP contribution >= 0.6 is 0 Å². The Balaban J connectivity index is 1.65. The van der Waals surface area contributed by atoms with Crippen LogP contribution in [0.2, 0.25) is 0 Å². The lowest BCUT2D eigenvalue weighted by atomic mass is 10.3. The first-order valence-electron chi connectivity index (χ1n) is 6.80. The van der Waals surface area contributed by atoms with E-state index in [0.29, 0.717) is 35.1 Å². The molecule has 0 bridgehead atoms. The molecule has 0 saturated heterocycles. The van der Waals surface area contributed by atoms with Crippen molar-refractivity contribution in [2.75, 3.05) is 6.61 Å². The number of nitrogens with one attached hydrogen (secondary N) is 2. The second-order valence-electron chi connectivity index (χ2n) is 4.71. The summed E-state index contributed by atoms with van der Waals surface area (Å²) in [7, 11) is 0. The fraction of sp³-hybridized carbons (Fsp3) is 0.125. The highest BCUT2D eigenvalue weighted by atomic mass is 16.6. The first-order chi connectivity index (χ1) is 10.7. The largest absolute Gasteiger partial charge is 0.482 e. The molecule has 0 atom stereocenters. The van der Waals surface area contributed by atoms with E-state index >= 15 is 0 Å². The standard InChI is InChI=1S/C16H15N3O3/c1-11(18-19-16(20)12-5-4-8-17-9-12)15-10-21-13-6-2-3-7-14(13)22-15/h2-9,18H,10H2,1H3,(H,19,20)/b15-11+. The molecule has 1 aliphatic heterocycles. The van der Waals surface area contributed by atoms with E-state index in [1.54, 1.807) is 25.3 Å². The van der Waals surface area contributed by atoms with E-state index in [-0.39, 0.29) is 5.91 Å². The van der Waals surface area contributed by atoms with E-state index in [2.05, 4.69) is 15.8 Å². The number of pyridine rings is 1. The van der Waals surface area contributed by atoms with Crippen LogP contribution in [0.3, 0.4) is 0 Å². The molecular formula is C16H15N3O3. The van der Waals surface area contributed by atoms with Crippen LogP contribution < -0.4 is 20.3 Å². The molecule has 0 saturated carbocycles. The zero-order chi connectivity index (χ0) is 15.4. The van der Waals surface area contributed by atoms with Gasteiger partial charge in [0.1, 0.15) is 6.61 Å². The molecule has 2 N–H and O–H groups in total. The zero-order valence-electron chi connectivity index (χ0n) is 12.0. The van der Waals surface area contributed by atoms with Crippen molar-refractivity contribution in [1.82, 2.24) is 15.8 Å². The highest BCUT2D eigenvalue weighted by molar-refractivity contribution is 5.93. The predicted molar refractivity (Wildman–Crippen MR) is 80.1 cm³/mol. The average molecular weight is 297 g/mol. The monoisotopic (exact) mass is 297 g/mol. The van der Waals surface area contributed by atoms with Gasteiger partial charge in [-0.2, -0.15) is 0 Å². The minimum Gasteiger partial charge on any atom is -0.482 e. The average Bonchev–Trinajstić information content (AvgIpc) is 2.59. The molecular weight excluding hydrogens is 282 g/mol. The van der Waals surface area contributed by atoms with Crippen LogP contribution in [0.5, 0.6) is 11.5 Å². The van der Waals surface area contributed by atoms with Crippen molar-refractivity contribution < 1.29 is 14.3 Å². The Morgan fingerprint density at radius 2 is 1.95 bits per heavy atom. The van der Waals surface area contributed by atoms with Crippen molar-refractivity contribution >= 4 is 5.91 Å². The molecule has 0 unspecified atom stereocenters. The van der Waals surface area contributed by atoms with Gasteiger partial charge in [-0.05, 0) is 31.2 Å². The van der Waals surface area contributed by atoms with Crippen molar-refractivity contribution in [2.45, 2.75) is 6.92 Å². The number of carbonyl (C=O) groups is 1. The first-order valence-corrected chi connectivity index (χ1v) is 6.80. The van der Waals surface area contributed by atoms with Crippen LogP contribution in [0, 0.1) is 0 Å². The Labute approximate surface area is 127 Å². The van der Waals surface area contributed by atoms with Crippen molar-refractivity contribution in [3.8, 4) is 11.5 Å². The number of ether oxygens (including phenoxy) is 2. The third kappa shape index (κ3) is 3.01. The summed E-state index contributed by atoms with van der Waals surface area (Å²) in [5.74, 6) is 1.71. The molecule has 112 valence electrons. The van der Waals surface area contributed by atoms with E-state index in [1.165, 1.54) is 6.20 Å². The molecule has 0 fully saturated rings. The van der Waals surface area contributed by atoms with Gasteiger partial charge >= 0.3 is 0 Å². The van der Waals surface area contributed by atoms with Gasteiger partial charge in [-0.15, -0.1) is 0 Å². The summed E-state index contributed by atoms with van der Waals surface area (Å²) >= 11 is 0. The van der Waals surface area contributed by atoms with Crippen LogP contribution in [0.4, 0.5) is 0 Å². The molecule has 2 heterocycles. The smallest absolute Gasteiger partial charge is 0.271 e. The number of nitrogens with zero attached hydrogens (tertiary/aromatic N) is 1. The van der Waals surface area contributed by atoms with E-state index in [9.17, 15) is 4.79 Å². The molecule has 0 spiro atoms. The summed E-state index contributed by atoms with van der Waals surface area (Å²) in [5, 5.41) is 0. The maximum Gasteiger partial charge on any atom is 0.271 e. The number of carbonyl (C=O) groups excluding carboxylic acids is 1. The van der Waals surface area contributed by atoms with Gasteiger partial charge in [0.15, 0.2) is 17.3 Å². The summed E-state index contributed by atoms with van der Waals surface area (Å²) < 4.78 is 11.4. The third-order valence-corrected chi connectivity index (χ3v) is 3.15. The molecule has 6 nitrogen and oxygen atoms in total. The fourth-order valence-electron chi connectivity index (χ4n) is 1.93. The minimum absolute atomic E-state index is 0.273. The maximum atomic E-state index is 11.9. The zero-order valence-corrected chi connectivity index (χ0v) is 12.0. The van der Waals surface area contributed by atoms with E-state index < -0.39 is 0 Å². The van der Waals surface area contributed by atoms with Gasteiger partial charge in [-0.25, -0.2) is 0 Å². The fourth-order valence-corrected chi connectivity index (χ4v) is 1.93. The number of fused-ring (bicyclic) bond motifs is 1. The Morgan fingerprint density at radius 3 is 2.73 bits per heavy atom. The molecule has 1 amide bonds. The van der Waals surface area contributed by atoms with Crippen molar-refractivity contribution in [3.63, 3.8) is 0 Å². The Kier molecular flexibility index (Phi) is 3.91. The Bertz CT molecular complexity index is 714. The number of para-hydroxylation sites is 2. The summed E-state index contributed by atoms with van der Waals surface area (Å²) in [6.07, 6.45) is 3.11. The second kappa shape index (κ2) is 6.17. The minimum atomic E-state index is -0.273. The molecule has 1 aromatic carbocycles. The lowest BCUT2D eigenvalue weighted by molar-refractivity contribution is 0.0937. The lowest BCUT2D eigenvalue weighted by Crippen LogP contribution is -2.37. The highest BCUT2D eigenvalue weighted by Crippen LogP contribution is 2.32. The Hall–Kier alpha value is -3.02. The topological polar surface area (TPSA) is 72.5 Å². The van der Waals surface area contributed by atoms with Crippen LogP contribution in [-0.4, -0.2) is 17.5 Å². The van der Waals surface area contributed by atoms with Crippen LogP contribution in [0.15, 0.2) is 60.2 Å². The van der Waals surface area contributed by atoms with Crippen LogP contribution in [0.1, 0.15) is 17.3 Å². The molecule has 1 aliphatic rings. The summed E-state index contributed by atoms with van der Waals surface area (Å²) in [6.45, 7) is 2.11. The van der Waals surface area contributed by atoms with Crippen LogP contribution in [-0.2, 0) is 0 Å². The summed E-state index contributed by atoms with van der Waals surface area (Å²) in [4.78, 5) is 15.8. The summed E-state index contributed by atoms with van der Waals surface area (Å²) in [5.41, 5.74) is 6.57. The van der Waals surface area contributed by atoms with Gasteiger partial charge in [-0.1, -0.05) is 12.1 Å². The van der Waals surface area contributed by atoms with Gasteiger partial charge in [0.25, 0.3) is 5.91 Å². The van der Waals surface area contributed by atoms with Gasteiger partial charge in [0, 0.05) is 12.4 Å². The Morgan fingerprint density at radius 1 is 1.14 bits per heavy atom. The molecule has 22 heavy (non-hydrogen) atoms. The number of hydrogen-bond donors (Lipinski definition) is 2. The molecule has 0 radical (unpaired) electrons. The lowest BCUT2D eigenvalue weighted by Gasteiger charge is -2.22. The number of hydrogen-bond acceptors (Lipinski definition) is 5. The number of hydrazine groups is 1.